The van der Waals surface area contributed by atoms with Crippen LogP contribution in [0.25, 0.3) is 6.08 Å². The molecule has 0 saturated carbocycles. The molecule has 8 heteroatoms. The summed E-state index contributed by atoms with van der Waals surface area (Å²) in [4.78, 5) is 22.9. The Labute approximate surface area is 172 Å². The van der Waals surface area contributed by atoms with Gasteiger partial charge < -0.3 is 4.74 Å². The third-order valence-electron chi connectivity index (χ3n) is 5.13. The lowest BCUT2D eigenvalue weighted by atomic mass is 9.76. The second-order valence-corrected chi connectivity index (χ2v) is 7.23. The van der Waals surface area contributed by atoms with Crippen LogP contribution in [0.2, 0.25) is 5.02 Å². The zero-order chi connectivity index (χ0) is 21.1. The Morgan fingerprint density at radius 1 is 1.07 bits per heavy atom. The molecule has 1 aliphatic rings. The van der Waals surface area contributed by atoms with Crippen molar-refractivity contribution in [2.45, 2.75) is 25.3 Å². The molecule has 1 aliphatic carbocycles. The molecular weight excluding hydrogens is 396 g/mol. The van der Waals surface area contributed by atoms with Crippen LogP contribution in [0.5, 0.6) is 5.75 Å². The average molecular weight is 415 g/mol. The fourth-order valence-electron chi connectivity index (χ4n) is 3.64. The van der Waals surface area contributed by atoms with Gasteiger partial charge in [-0.1, -0.05) is 41.9 Å². The number of nitrogens with zero attached hydrogens (tertiary/aromatic N) is 2. The number of hydrogen-bond donors (Lipinski definition) is 0. The predicted molar refractivity (Wildman–Crippen MR) is 110 cm³/mol. The van der Waals surface area contributed by atoms with E-state index < -0.39 is 21.8 Å². The summed E-state index contributed by atoms with van der Waals surface area (Å²) in [6.07, 6.45) is 1.84. The van der Waals surface area contributed by atoms with Gasteiger partial charge in [0.1, 0.15) is 11.7 Å². The zero-order valence-corrected chi connectivity index (χ0v) is 16.6. The maximum atomic E-state index is 11.9. The van der Waals surface area contributed by atoms with Crippen LogP contribution in [0, 0.1) is 20.2 Å². The number of nitro groups is 2. The van der Waals surface area contributed by atoms with Gasteiger partial charge in [-0.3, -0.25) is 20.2 Å². The van der Waals surface area contributed by atoms with E-state index in [1.54, 1.807) is 61.5 Å². The normalized spacial score (nSPS) is 20.6. The SMILES string of the molecule is COc1ccc(C2C([N+](=O)[O-])=C(C)/C(=C\c3ccc(Cl)cc3)CC2[N+](=O)[O-])cc1. The van der Waals surface area contributed by atoms with Crippen molar-refractivity contribution in [3.05, 3.63) is 102 Å². The van der Waals surface area contributed by atoms with Crippen LogP contribution in [0.4, 0.5) is 0 Å². The molecule has 0 spiro atoms. The minimum atomic E-state index is -1.15. The molecule has 2 atom stereocenters. The average Bonchev–Trinajstić information content (AvgIpc) is 2.70. The molecule has 2 unspecified atom stereocenters. The molecule has 0 fully saturated rings. The number of allylic oxidation sites excluding steroid dienone is 1. The van der Waals surface area contributed by atoms with E-state index in [9.17, 15) is 20.2 Å². The number of benzene rings is 2. The van der Waals surface area contributed by atoms with Crippen molar-refractivity contribution in [3.63, 3.8) is 0 Å². The molecule has 150 valence electrons. The lowest BCUT2D eigenvalue weighted by molar-refractivity contribution is -0.535. The Hall–Kier alpha value is -3.19. The van der Waals surface area contributed by atoms with Crippen molar-refractivity contribution in [3.8, 4) is 5.75 Å². The van der Waals surface area contributed by atoms with Crippen LogP contribution in [0.1, 0.15) is 30.4 Å². The van der Waals surface area contributed by atoms with E-state index in [2.05, 4.69) is 0 Å². The third-order valence-corrected chi connectivity index (χ3v) is 5.38. The number of ether oxygens (including phenoxy) is 1. The van der Waals surface area contributed by atoms with E-state index in [0.29, 0.717) is 27.5 Å². The van der Waals surface area contributed by atoms with E-state index in [-0.39, 0.29) is 12.1 Å². The molecule has 29 heavy (non-hydrogen) atoms. The molecule has 0 bridgehead atoms. The second kappa shape index (κ2) is 8.45. The molecule has 0 N–H and O–H groups in total. The highest BCUT2D eigenvalue weighted by molar-refractivity contribution is 6.30. The first-order chi connectivity index (χ1) is 13.8. The summed E-state index contributed by atoms with van der Waals surface area (Å²) in [5.41, 5.74) is 2.17. The largest absolute Gasteiger partial charge is 0.497 e. The summed E-state index contributed by atoms with van der Waals surface area (Å²) in [6.45, 7) is 1.65. The zero-order valence-electron chi connectivity index (χ0n) is 15.9. The van der Waals surface area contributed by atoms with Gasteiger partial charge in [0.25, 0.3) is 5.70 Å². The number of halogens is 1. The summed E-state index contributed by atoms with van der Waals surface area (Å²) < 4.78 is 5.12. The van der Waals surface area contributed by atoms with Crippen LogP contribution in [0.15, 0.2) is 65.4 Å². The number of rotatable bonds is 5. The van der Waals surface area contributed by atoms with Crippen molar-refractivity contribution >= 4 is 17.7 Å². The van der Waals surface area contributed by atoms with E-state index in [0.717, 1.165) is 5.56 Å². The van der Waals surface area contributed by atoms with Crippen LogP contribution < -0.4 is 4.74 Å². The topological polar surface area (TPSA) is 95.5 Å². The Bertz CT molecular complexity index is 997. The number of hydrogen-bond acceptors (Lipinski definition) is 5. The van der Waals surface area contributed by atoms with Crippen LogP contribution in [0.3, 0.4) is 0 Å². The molecular formula is C21H19ClN2O5. The van der Waals surface area contributed by atoms with Crippen molar-refractivity contribution in [1.29, 1.82) is 0 Å². The summed E-state index contributed by atoms with van der Waals surface area (Å²) in [7, 11) is 1.51. The molecule has 0 radical (unpaired) electrons. The molecule has 0 aliphatic heterocycles. The van der Waals surface area contributed by atoms with Crippen molar-refractivity contribution in [2.75, 3.05) is 7.11 Å². The standard InChI is InChI=1S/C21H19ClN2O5/c1-13-16(11-14-3-7-17(22)8-4-14)12-19(23(25)26)20(21(13)24(27)28)15-5-9-18(29-2)10-6-15/h3-11,19-20H,12H2,1-2H3/b16-11-. The summed E-state index contributed by atoms with van der Waals surface area (Å²) in [6, 6.07) is 12.4. The van der Waals surface area contributed by atoms with Gasteiger partial charge in [0.2, 0.25) is 6.04 Å². The maximum absolute atomic E-state index is 11.9. The highest BCUT2D eigenvalue weighted by atomic mass is 35.5. The Kier molecular flexibility index (Phi) is 5.98. The molecule has 0 amide bonds. The summed E-state index contributed by atoms with van der Waals surface area (Å²) in [5.74, 6) is -0.373. The minimum absolute atomic E-state index is 0.0928. The van der Waals surface area contributed by atoms with E-state index in [1.807, 2.05) is 0 Å². The lowest BCUT2D eigenvalue weighted by Crippen LogP contribution is -2.35. The molecule has 0 aromatic heterocycles. The van der Waals surface area contributed by atoms with Gasteiger partial charge in [0.15, 0.2) is 0 Å². The Morgan fingerprint density at radius 2 is 1.69 bits per heavy atom. The predicted octanol–water partition coefficient (Wildman–Crippen LogP) is 5.12. The van der Waals surface area contributed by atoms with Crippen LogP contribution in [-0.4, -0.2) is 23.0 Å². The monoisotopic (exact) mass is 414 g/mol. The highest BCUT2D eigenvalue weighted by Crippen LogP contribution is 2.42. The fourth-order valence-corrected chi connectivity index (χ4v) is 3.77. The van der Waals surface area contributed by atoms with Gasteiger partial charge in [-0.15, -0.1) is 0 Å². The van der Waals surface area contributed by atoms with Gasteiger partial charge in [0, 0.05) is 21.9 Å². The van der Waals surface area contributed by atoms with Crippen LogP contribution in [-0.2, 0) is 0 Å². The van der Waals surface area contributed by atoms with Crippen molar-refractivity contribution < 1.29 is 14.6 Å². The Morgan fingerprint density at radius 3 is 2.21 bits per heavy atom. The molecule has 0 heterocycles. The highest BCUT2D eigenvalue weighted by Gasteiger charge is 2.47. The first kappa shape index (κ1) is 20.5. The lowest BCUT2D eigenvalue weighted by Gasteiger charge is -2.26. The first-order valence-corrected chi connectivity index (χ1v) is 9.28. The van der Waals surface area contributed by atoms with Gasteiger partial charge in [-0.05, 0) is 47.9 Å². The molecule has 3 rings (SSSR count). The number of methoxy groups -OCH3 is 1. The van der Waals surface area contributed by atoms with Gasteiger partial charge in [-0.2, -0.15) is 0 Å². The van der Waals surface area contributed by atoms with Gasteiger partial charge in [0.05, 0.1) is 12.0 Å². The van der Waals surface area contributed by atoms with Crippen molar-refractivity contribution in [1.82, 2.24) is 0 Å². The van der Waals surface area contributed by atoms with Crippen molar-refractivity contribution in [2.24, 2.45) is 0 Å². The fraction of sp³-hybridized carbons (Fsp3) is 0.238. The first-order valence-electron chi connectivity index (χ1n) is 8.91. The smallest absolute Gasteiger partial charge is 0.263 e. The van der Waals surface area contributed by atoms with Gasteiger partial charge in [-0.25, -0.2) is 0 Å². The third kappa shape index (κ3) is 4.30. The quantitative estimate of drug-likeness (QED) is 0.500. The molecule has 2 aromatic rings. The summed E-state index contributed by atoms with van der Waals surface area (Å²) >= 11 is 5.90. The van der Waals surface area contributed by atoms with E-state index in [1.165, 1.54) is 7.11 Å². The van der Waals surface area contributed by atoms with Crippen LogP contribution >= 0.6 is 11.6 Å². The molecule has 0 saturated heterocycles. The maximum Gasteiger partial charge on any atom is 0.263 e. The second-order valence-electron chi connectivity index (χ2n) is 6.80. The van der Waals surface area contributed by atoms with Gasteiger partial charge >= 0.3 is 0 Å². The minimum Gasteiger partial charge on any atom is -0.497 e. The molecule has 2 aromatic carbocycles. The van der Waals surface area contributed by atoms with E-state index >= 15 is 0 Å². The summed E-state index contributed by atoms with van der Waals surface area (Å²) in [5, 5.41) is 24.4. The van der Waals surface area contributed by atoms with E-state index in [4.69, 9.17) is 16.3 Å². The molecule has 7 nitrogen and oxygen atoms in total. The Balaban J connectivity index is 2.14.